The van der Waals surface area contributed by atoms with Crippen LogP contribution in [0.2, 0.25) is 18.1 Å². The van der Waals surface area contributed by atoms with Crippen molar-refractivity contribution in [3.63, 3.8) is 0 Å². The van der Waals surface area contributed by atoms with E-state index in [1.165, 1.54) is 11.0 Å². The van der Waals surface area contributed by atoms with Gasteiger partial charge in [-0.3, -0.25) is 9.68 Å². The van der Waals surface area contributed by atoms with Gasteiger partial charge in [0, 0.05) is 5.92 Å². The van der Waals surface area contributed by atoms with Crippen molar-refractivity contribution >= 4 is 20.5 Å². The van der Waals surface area contributed by atoms with Crippen LogP contribution in [0.1, 0.15) is 64.2 Å². The standard InChI is InChI=1S/C42H53N3O6Si/c1-12-32(45(40(47)51-41(3,4)5)49-28-31-20-14-13-15-21-31)26-44(38(43-9)30(2)27-50-52(10,11)42(6,7)8)39(46)48-29-37-35-24-18-16-22-33(35)34-23-17-19-25-36(34)37/h12-25,32,37-38H,1-2,26-29H2,3-8,10-11H3/t32-,38?/m1/s1. The van der Waals surface area contributed by atoms with E-state index in [9.17, 15) is 9.59 Å². The van der Waals surface area contributed by atoms with E-state index >= 15 is 0 Å². The molecule has 10 heteroatoms. The molecule has 2 atom stereocenters. The number of carbonyl (C=O) groups excluding carboxylic acids is 2. The molecule has 0 saturated heterocycles. The fraction of sp³-hybridized carbons (Fsp3) is 0.405. The van der Waals surface area contributed by atoms with Gasteiger partial charge in [-0.25, -0.2) is 21.1 Å². The molecular formula is C42H53N3O6Si. The third-order valence-electron chi connectivity index (χ3n) is 9.52. The Morgan fingerprint density at radius 1 is 0.904 bits per heavy atom. The van der Waals surface area contributed by atoms with Gasteiger partial charge in [-0.1, -0.05) is 112 Å². The predicted molar refractivity (Wildman–Crippen MR) is 208 cm³/mol. The molecule has 0 N–H and O–H groups in total. The fourth-order valence-corrected chi connectivity index (χ4v) is 6.63. The Balaban J connectivity index is 1.66. The van der Waals surface area contributed by atoms with Crippen molar-refractivity contribution in [2.24, 2.45) is 0 Å². The van der Waals surface area contributed by atoms with Crippen molar-refractivity contribution in [1.29, 1.82) is 0 Å². The lowest BCUT2D eigenvalue weighted by Gasteiger charge is -2.37. The highest BCUT2D eigenvalue weighted by molar-refractivity contribution is 6.74. The normalized spacial score (nSPS) is 13.9. The number of fused-ring (bicyclic) bond motifs is 3. The number of hydrogen-bond acceptors (Lipinski definition) is 6. The highest BCUT2D eigenvalue weighted by atomic mass is 28.4. The summed E-state index contributed by atoms with van der Waals surface area (Å²) in [6, 6.07) is 24.6. The third kappa shape index (κ3) is 9.79. The maximum atomic E-state index is 14.3. The van der Waals surface area contributed by atoms with E-state index in [1.54, 1.807) is 20.8 Å². The van der Waals surface area contributed by atoms with Gasteiger partial charge in [-0.15, -0.1) is 6.58 Å². The molecule has 3 aromatic carbocycles. The highest BCUT2D eigenvalue weighted by Crippen LogP contribution is 2.44. The average Bonchev–Trinajstić information content (AvgIpc) is 3.41. The summed E-state index contributed by atoms with van der Waals surface area (Å²) >= 11 is 0. The summed E-state index contributed by atoms with van der Waals surface area (Å²) in [6.45, 7) is 32.4. The number of carbonyl (C=O) groups is 2. The molecule has 276 valence electrons. The number of hydroxylamine groups is 2. The van der Waals surface area contributed by atoms with E-state index in [1.807, 2.05) is 66.7 Å². The third-order valence-corrected chi connectivity index (χ3v) is 14.0. The van der Waals surface area contributed by atoms with Gasteiger partial charge in [0.05, 0.1) is 24.8 Å². The van der Waals surface area contributed by atoms with Crippen LogP contribution in [0.25, 0.3) is 16.0 Å². The maximum Gasteiger partial charge on any atom is 0.435 e. The average molecular weight is 724 g/mol. The molecule has 4 rings (SSSR count). The maximum absolute atomic E-state index is 14.3. The Bertz CT molecular complexity index is 1730. The van der Waals surface area contributed by atoms with Crippen LogP contribution in [0.5, 0.6) is 0 Å². The summed E-state index contributed by atoms with van der Waals surface area (Å²) < 4.78 is 18.2. The molecule has 1 aliphatic carbocycles. The zero-order valence-corrected chi connectivity index (χ0v) is 32.8. The Labute approximate surface area is 310 Å². The fourth-order valence-electron chi connectivity index (χ4n) is 5.65. The van der Waals surface area contributed by atoms with Crippen LogP contribution in [0, 0.1) is 6.57 Å². The van der Waals surface area contributed by atoms with Crippen molar-refractivity contribution in [1.82, 2.24) is 9.96 Å². The van der Waals surface area contributed by atoms with Crippen molar-refractivity contribution < 1.29 is 28.3 Å². The van der Waals surface area contributed by atoms with Gasteiger partial charge < -0.3 is 13.9 Å². The molecule has 52 heavy (non-hydrogen) atoms. The molecule has 0 heterocycles. The first-order valence-electron chi connectivity index (χ1n) is 17.6. The van der Waals surface area contributed by atoms with Crippen LogP contribution in [0.4, 0.5) is 9.59 Å². The molecule has 3 aromatic rings. The topological polar surface area (TPSA) is 81.9 Å². The van der Waals surface area contributed by atoms with Crippen molar-refractivity contribution in [3.8, 4) is 11.1 Å². The molecule has 0 spiro atoms. The first-order valence-corrected chi connectivity index (χ1v) is 20.5. The quantitative estimate of drug-likeness (QED) is 0.0713. The Hall–Kier alpha value is -4.69. The number of rotatable bonds is 14. The molecule has 0 aromatic heterocycles. The van der Waals surface area contributed by atoms with Crippen molar-refractivity contribution in [3.05, 3.63) is 132 Å². The molecule has 0 aliphatic heterocycles. The summed E-state index contributed by atoms with van der Waals surface area (Å²) in [5.74, 6) is -0.197. The van der Waals surface area contributed by atoms with Gasteiger partial charge >= 0.3 is 18.4 Å². The van der Waals surface area contributed by atoms with Crippen LogP contribution >= 0.6 is 0 Å². The van der Waals surface area contributed by atoms with E-state index < -0.39 is 38.3 Å². The summed E-state index contributed by atoms with van der Waals surface area (Å²) in [5, 5.41) is 0.996. The molecule has 1 unspecified atom stereocenters. The highest BCUT2D eigenvalue weighted by Gasteiger charge is 2.41. The molecule has 0 radical (unpaired) electrons. The second-order valence-electron chi connectivity index (χ2n) is 15.5. The summed E-state index contributed by atoms with van der Waals surface area (Å²) in [5.41, 5.74) is 4.70. The molecule has 1 aliphatic rings. The van der Waals surface area contributed by atoms with Crippen LogP contribution in [-0.2, 0) is 25.3 Å². The van der Waals surface area contributed by atoms with E-state index in [0.717, 1.165) is 32.9 Å². The van der Waals surface area contributed by atoms with Gasteiger partial charge in [-0.2, -0.15) is 5.06 Å². The monoisotopic (exact) mass is 723 g/mol. The zero-order chi connectivity index (χ0) is 38.3. The number of nitrogens with zero attached hydrogens (tertiary/aromatic N) is 3. The SMILES string of the molecule is [C-]#[N+]C(C(=C)CO[Si](C)(C)C(C)(C)C)N(C[C@@H](C=C)N(OCc1ccccc1)C(=O)OC(C)(C)C)C(=O)OCC1c2ccccc2-c2ccccc21. The molecule has 0 fully saturated rings. The lowest BCUT2D eigenvalue weighted by molar-refractivity contribution is -0.173. The first kappa shape index (κ1) is 40.1. The molecular weight excluding hydrogens is 671 g/mol. The van der Waals surface area contributed by atoms with Crippen LogP contribution in [0.3, 0.4) is 0 Å². The number of benzene rings is 3. The first-order chi connectivity index (χ1) is 24.5. The molecule has 0 bridgehead atoms. The van der Waals surface area contributed by atoms with Crippen molar-refractivity contribution in [2.45, 2.75) is 90.0 Å². The lowest BCUT2D eigenvalue weighted by Crippen LogP contribution is -2.52. The second kappa shape index (κ2) is 16.8. The zero-order valence-electron chi connectivity index (χ0n) is 31.8. The summed E-state index contributed by atoms with van der Waals surface area (Å²) in [4.78, 5) is 39.2. The summed E-state index contributed by atoms with van der Waals surface area (Å²) in [6.07, 6.45) is -1.18. The second-order valence-corrected chi connectivity index (χ2v) is 20.3. The smallest absolute Gasteiger partial charge is 0.435 e. The number of amides is 2. The minimum absolute atomic E-state index is 0.0417. The minimum Gasteiger partial charge on any atom is -0.448 e. The van der Waals surface area contributed by atoms with E-state index in [2.05, 4.69) is 64.0 Å². The predicted octanol–water partition coefficient (Wildman–Crippen LogP) is 9.98. The minimum atomic E-state index is -2.23. The Morgan fingerprint density at radius 2 is 1.46 bits per heavy atom. The lowest BCUT2D eigenvalue weighted by atomic mass is 9.98. The van der Waals surface area contributed by atoms with Crippen LogP contribution < -0.4 is 0 Å². The van der Waals surface area contributed by atoms with Gasteiger partial charge in [0.1, 0.15) is 18.8 Å². The molecule has 9 nitrogen and oxygen atoms in total. The Kier molecular flexibility index (Phi) is 12.9. The van der Waals surface area contributed by atoms with E-state index in [0.29, 0.717) is 5.57 Å². The number of ether oxygens (including phenoxy) is 2. The number of hydrogen-bond donors (Lipinski definition) is 0. The van der Waals surface area contributed by atoms with E-state index in [-0.39, 0.29) is 37.3 Å². The molecule has 2 amide bonds. The largest absolute Gasteiger partial charge is 0.448 e. The van der Waals surface area contributed by atoms with Gasteiger partial charge in [0.15, 0.2) is 8.32 Å². The van der Waals surface area contributed by atoms with Crippen molar-refractivity contribution in [2.75, 3.05) is 19.8 Å². The molecule has 0 saturated carbocycles. The summed E-state index contributed by atoms with van der Waals surface area (Å²) in [7, 11) is -2.23. The van der Waals surface area contributed by atoms with Crippen LogP contribution in [0.15, 0.2) is 104 Å². The Morgan fingerprint density at radius 3 is 1.98 bits per heavy atom. The van der Waals surface area contributed by atoms with Crippen LogP contribution in [-0.4, -0.2) is 68.0 Å². The van der Waals surface area contributed by atoms with Gasteiger partial charge in [0.25, 0.3) is 0 Å². The van der Waals surface area contributed by atoms with E-state index in [4.69, 9.17) is 25.3 Å². The van der Waals surface area contributed by atoms with Gasteiger partial charge in [-0.05, 0) is 66.7 Å². The van der Waals surface area contributed by atoms with Gasteiger partial charge in [0.2, 0.25) is 0 Å².